The second kappa shape index (κ2) is 7.92. The molecule has 0 unspecified atom stereocenters. The van der Waals surface area contributed by atoms with Gasteiger partial charge >= 0.3 is 6.03 Å². The third kappa shape index (κ3) is 4.89. The van der Waals surface area contributed by atoms with Crippen LogP contribution in [0.3, 0.4) is 0 Å². The fourth-order valence-corrected chi connectivity index (χ4v) is 2.50. The summed E-state index contributed by atoms with van der Waals surface area (Å²) in [7, 11) is 3.14. The molecule has 0 spiro atoms. The molecule has 25 heavy (non-hydrogen) atoms. The number of hydrogen-bond acceptors (Lipinski definition) is 3. The number of methoxy groups -OCH3 is 2. The molecule has 0 bridgehead atoms. The van der Waals surface area contributed by atoms with E-state index in [4.69, 9.17) is 9.47 Å². The van der Waals surface area contributed by atoms with Crippen molar-refractivity contribution in [3.05, 3.63) is 53.6 Å². The van der Waals surface area contributed by atoms with Gasteiger partial charge < -0.3 is 20.1 Å². The topological polar surface area (TPSA) is 59.6 Å². The van der Waals surface area contributed by atoms with Crippen molar-refractivity contribution in [2.24, 2.45) is 0 Å². The zero-order valence-electron chi connectivity index (χ0n) is 15.5. The molecule has 0 saturated heterocycles. The van der Waals surface area contributed by atoms with Crippen molar-refractivity contribution >= 4 is 11.7 Å². The van der Waals surface area contributed by atoms with Crippen LogP contribution in [0, 0.1) is 6.92 Å². The third-order valence-electron chi connectivity index (χ3n) is 4.17. The minimum absolute atomic E-state index is 0.164. The Morgan fingerprint density at radius 1 is 1.00 bits per heavy atom. The van der Waals surface area contributed by atoms with E-state index >= 15 is 0 Å². The van der Waals surface area contributed by atoms with Gasteiger partial charge in [0.05, 0.1) is 14.2 Å². The standard InChI is InChI=1S/C20H26N2O3/c1-14-6-8-15(9-7-14)20(2,3)13-21-19(23)22-16-10-11-17(24-4)18(12-16)25-5/h6-12H,13H2,1-5H3,(H2,21,22,23). The van der Waals surface area contributed by atoms with Crippen molar-refractivity contribution < 1.29 is 14.3 Å². The molecule has 2 amide bonds. The van der Waals surface area contributed by atoms with Gasteiger partial charge in [-0.15, -0.1) is 0 Å². The summed E-state index contributed by atoms with van der Waals surface area (Å²) in [6.07, 6.45) is 0. The molecule has 0 aromatic heterocycles. The first-order valence-electron chi connectivity index (χ1n) is 8.20. The van der Waals surface area contributed by atoms with Gasteiger partial charge in [-0.2, -0.15) is 0 Å². The lowest BCUT2D eigenvalue weighted by Gasteiger charge is -2.26. The van der Waals surface area contributed by atoms with Gasteiger partial charge in [0.15, 0.2) is 11.5 Å². The van der Waals surface area contributed by atoms with Crippen LogP contribution in [0.4, 0.5) is 10.5 Å². The molecule has 0 aliphatic heterocycles. The highest BCUT2D eigenvalue weighted by molar-refractivity contribution is 5.89. The van der Waals surface area contributed by atoms with Crippen LogP contribution in [0.25, 0.3) is 0 Å². The monoisotopic (exact) mass is 342 g/mol. The molecule has 0 radical (unpaired) electrons. The van der Waals surface area contributed by atoms with E-state index in [0.717, 1.165) is 0 Å². The van der Waals surface area contributed by atoms with E-state index in [9.17, 15) is 4.79 Å². The average Bonchev–Trinajstić information content (AvgIpc) is 2.60. The van der Waals surface area contributed by atoms with E-state index in [-0.39, 0.29) is 11.4 Å². The van der Waals surface area contributed by atoms with Crippen LogP contribution in [0.5, 0.6) is 11.5 Å². The first-order chi connectivity index (χ1) is 11.9. The number of rotatable bonds is 6. The minimum atomic E-state index is -0.257. The Labute approximate surface area is 149 Å². The highest BCUT2D eigenvalue weighted by Crippen LogP contribution is 2.29. The lowest BCUT2D eigenvalue weighted by Crippen LogP contribution is -2.38. The van der Waals surface area contributed by atoms with Crippen LogP contribution in [-0.4, -0.2) is 26.8 Å². The highest BCUT2D eigenvalue weighted by Gasteiger charge is 2.21. The van der Waals surface area contributed by atoms with Crippen molar-refractivity contribution in [3.8, 4) is 11.5 Å². The fourth-order valence-electron chi connectivity index (χ4n) is 2.50. The van der Waals surface area contributed by atoms with Crippen LogP contribution in [0.1, 0.15) is 25.0 Å². The first kappa shape index (κ1) is 18.6. The predicted octanol–water partition coefficient (Wildman–Crippen LogP) is 4.11. The Bertz CT molecular complexity index is 724. The lowest BCUT2D eigenvalue weighted by atomic mass is 9.84. The molecule has 0 saturated carbocycles. The molecule has 134 valence electrons. The molecular weight excluding hydrogens is 316 g/mol. The third-order valence-corrected chi connectivity index (χ3v) is 4.17. The van der Waals surface area contributed by atoms with Gasteiger partial charge in [0.1, 0.15) is 0 Å². The van der Waals surface area contributed by atoms with E-state index in [1.54, 1.807) is 32.4 Å². The van der Waals surface area contributed by atoms with E-state index in [2.05, 4.69) is 55.7 Å². The smallest absolute Gasteiger partial charge is 0.319 e. The summed E-state index contributed by atoms with van der Waals surface area (Å²) >= 11 is 0. The summed E-state index contributed by atoms with van der Waals surface area (Å²) < 4.78 is 10.4. The molecule has 0 aliphatic carbocycles. The summed E-state index contributed by atoms with van der Waals surface area (Å²) in [5.41, 5.74) is 2.88. The van der Waals surface area contributed by atoms with E-state index in [1.165, 1.54) is 11.1 Å². The number of urea groups is 1. The largest absolute Gasteiger partial charge is 0.493 e. The van der Waals surface area contributed by atoms with Gasteiger partial charge in [-0.05, 0) is 24.6 Å². The van der Waals surface area contributed by atoms with Crippen LogP contribution in [-0.2, 0) is 5.41 Å². The molecule has 0 fully saturated rings. The number of aryl methyl sites for hydroxylation is 1. The van der Waals surface area contributed by atoms with Crippen LogP contribution < -0.4 is 20.1 Å². The number of carbonyl (C=O) groups excluding carboxylic acids is 1. The van der Waals surface area contributed by atoms with Crippen molar-refractivity contribution in [1.29, 1.82) is 0 Å². The van der Waals surface area contributed by atoms with Crippen LogP contribution >= 0.6 is 0 Å². The Balaban J connectivity index is 1.97. The fraction of sp³-hybridized carbons (Fsp3) is 0.350. The zero-order valence-corrected chi connectivity index (χ0v) is 15.5. The summed E-state index contributed by atoms with van der Waals surface area (Å²) in [5.74, 6) is 1.19. The second-order valence-electron chi connectivity index (χ2n) is 6.63. The number of benzene rings is 2. The molecule has 2 aromatic rings. The molecular formula is C20H26N2O3. The van der Waals surface area contributed by atoms with Gasteiger partial charge in [0.25, 0.3) is 0 Å². The summed E-state index contributed by atoms with van der Waals surface area (Å²) in [4.78, 5) is 12.2. The molecule has 2 N–H and O–H groups in total. The number of ether oxygens (including phenoxy) is 2. The van der Waals surface area contributed by atoms with Gasteiger partial charge in [0, 0.05) is 23.7 Å². The Morgan fingerprint density at radius 3 is 2.24 bits per heavy atom. The maximum Gasteiger partial charge on any atom is 0.319 e. The SMILES string of the molecule is COc1ccc(NC(=O)NCC(C)(C)c2ccc(C)cc2)cc1OC. The van der Waals surface area contributed by atoms with E-state index in [0.29, 0.717) is 23.7 Å². The molecule has 0 heterocycles. The van der Waals surface area contributed by atoms with Crippen LogP contribution in [0.2, 0.25) is 0 Å². The molecule has 5 nitrogen and oxygen atoms in total. The number of hydrogen-bond donors (Lipinski definition) is 2. The maximum atomic E-state index is 12.2. The molecule has 5 heteroatoms. The minimum Gasteiger partial charge on any atom is -0.493 e. The maximum absolute atomic E-state index is 12.2. The molecule has 0 atom stereocenters. The summed E-state index contributed by atoms with van der Waals surface area (Å²) in [6, 6.07) is 13.4. The molecule has 2 aromatic carbocycles. The van der Waals surface area contributed by atoms with Gasteiger partial charge in [-0.3, -0.25) is 0 Å². The van der Waals surface area contributed by atoms with Crippen molar-refractivity contribution in [2.45, 2.75) is 26.2 Å². The summed E-state index contributed by atoms with van der Waals surface area (Å²) in [6.45, 7) is 6.80. The number of anilines is 1. The van der Waals surface area contributed by atoms with Gasteiger partial charge in [-0.1, -0.05) is 43.7 Å². The molecule has 0 aliphatic rings. The van der Waals surface area contributed by atoms with Crippen molar-refractivity contribution in [1.82, 2.24) is 5.32 Å². The first-order valence-corrected chi connectivity index (χ1v) is 8.20. The van der Waals surface area contributed by atoms with Crippen molar-refractivity contribution in [3.63, 3.8) is 0 Å². The van der Waals surface area contributed by atoms with Crippen LogP contribution in [0.15, 0.2) is 42.5 Å². The predicted molar refractivity (Wildman–Crippen MR) is 101 cm³/mol. The van der Waals surface area contributed by atoms with Gasteiger partial charge in [-0.25, -0.2) is 4.79 Å². The average molecular weight is 342 g/mol. The number of amides is 2. The molecule has 2 rings (SSSR count). The second-order valence-corrected chi connectivity index (χ2v) is 6.63. The quantitative estimate of drug-likeness (QED) is 0.830. The summed E-state index contributed by atoms with van der Waals surface area (Å²) in [5, 5.41) is 5.74. The Kier molecular flexibility index (Phi) is 5.91. The zero-order chi connectivity index (χ0) is 18.4. The van der Waals surface area contributed by atoms with E-state index in [1.807, 2.05) is 0 Å². The van der Waals surface area contributed by atoms with Gasteiger partial charge in [0.2, 0.25) is 0 Å². The normalized spacial score (nSPS) is 10.9. The number of nitrogens with one attached hydrogen (secondary N) is 2. The van der Waals surface area contributed by atoms with Crippen molar-refractivity contribution in [2.75, 3.05) is 26.1 Å². The van der Waals surface area contributed by atoms with E-state index < -0.39 is 0 Å². The Morgan fingerprint density at radius 2 is 1.64 bits per heavy atom. The number of carbonyl (C=O) groups is 1. The lowest BCUT2D eigenvalue weighted by molar-refractivity contribution is 0.249. The Hall–Kier alpha value is -2.69. The highest BCUT2D eigenvalue weighted by atomic mass is 16.5.